The minimum Gasteiger partial charge on any atom is -0.393 e. The van der Waals surface area contributed by atoms with Gasteiger partial charge in [-0.05, 0) is 36.2 Å². The molecule has 0 heterocycles. The molecule has 0 radical (unpaired) electrons. The van der Waals surface area contributed by atoms with Gasteiger partial charge in [-0.1, -0.05) is 55.9 Å². The lowest BCUT2D eigenvalue weighted by Gasteiger charge is -2.67. The highest BCUT2D eigenvalue weighted by atomic mass is 32.1. The number of nitrogens with two attached hydrogens (primary N) is 1. The number of rotatable bonds is 3. The van der Waals surface area contributed by atoms with E-state index in [2.05, 4.69) is 37.3 Å². The topological polar surface area (TPSA) is 26.0 Å². The Labute approximate surface area is 115 Å². The summed E-state index contributed by atoms with van der Waals surface area (Å²) in [7, 11) is 0. The average molecular weight is 259 g/mol. The van der Waals surface area contributed by atoms with Crippen molar-refractivity contribution in [2.45, 2.75) is 38.0 Å². The van der Waals surface area contributed by atoms with Gasteiger partial charge in [0.25, 0.3) is 0 Å². The Morgan fingerprint density at radius 2 is 2.11 bits per heavy atom. The molecule has 3 fully saturated rings. The average Bonchev–Trinajstić information content (AvgIpc) is 3.03. The molecule has 2 N–H and O–H groups in total. The molecule has 1 aromatic rings. The molecule has 3 aliphatic carbocycles. The molecule has 4 rings (SSSR count). The van der Waals surface area contributed by atoms with Gasteiger partial charge >= 0.3 is 0 Å². The lowest BCUT2D eigenvalue weighted by atomic mass is 9.36. The van der Waals surface area contributed by atoms with Crippen molar-refractivity contribution in [2.24, 2.45) is 22.5 Å². The second-order valence-corrected chi connectivity index (χ2v) is 6.97. The molecule has 0 aliphatic heterocycles. The van der Waals surface area contributed by atoms with Crippen LogP contribution in [0.5, 0.6) is 0 Å². The van der Waals surface area contributed by atoms with Crippen LogP contribution >= 0.6 is 12.2 Å². The highest BCUT2D eigenvalue weighted by molar-refractivity contribution is 7.80. The molecule has 4 unspecified atom stereocenters. The molecule has 1 spiro atoms. The lowest BCUT2D eigenvalue weighted by molar-refractivity contribution is -0.112. The van der Waals surface area contributed by atoms with Gasteiger partial charge in [0, 0.05) is 12.3 Å². The maximum atomic E-state index is 6.07. The summed E-state index contributed by atoms with van der Waals surface area (Å²) >= 11 is 5.39. The highest BCUT2D eigenvalue weighted by Gasteiger charge is 2.93. The third-order valence-corrected chi connectivity index (χ3v) is 6.74. The Balaban J connectivity index is 0.00000110. The van der Waals surface area contributed by atoms with Crippen molar-refractivity contribution >= 4 is 17.2 Å². The van der Waals surface area contributed by atoms with Crippen LogP contribution in [0.3, 0.4) is 0 Å². The van der Waals surface area contributed by atoms with Crippen molar-refractivity contribution in [1.29, 1.82) is 0 Å². The van der Waals surface area contributed by atoms with E-state index in [0.717, 1.165) is 10.9 Å². The number of thiocarbonyl (C=S) groups is 1. The zero-order valence-corrected chi connectivity index (χ0v) is 11.6. The molecule has 4 atom stereocenters. The molecule has 0 amide bonds. The molecule has 0 bridgehead atoms. The summed E-state index contributed by atoms with van der Waals surface area (Å²) in [5, 5.41) is 0. The van der Waals surface area contributed by atoms with E-state index in [1.54, 1.807) is 0 Å². The second kappa shape index (κ2) is 2.98. The van der Waals surface area contributed by atoms with E-state index in [-0.39, 0.29) is 6.84 Å². The van der Waals surface area contributed by atoms with E-state index in [0.29, 0.717) is 10.8 Å². The first-order chi connectivity index (χ1) is 8.63. The molecule has 18 heavy (non-hydrogen) atoms. The number of hydrogen-bond acceptors (Lipinski definition) is 1. The van der Waals surface area contributed by atoms with Gasteiger partial charge in [-0.2, -0.15) is 0 Å². The van der Waals surface area contributed by atoms with Crippen LogP contribution < -0.4 is 5.73 Å². The van der Waals surface area contributed by atoms with E-state index in [9.17, 15) is 0 Å². The maximum absolute atomic E-state index is 6.07. The van der Waals surface area contributed by atoms with Gasteiger partial charge in [-0.25, -0.2) is 0 Å². The monoisotopic (exact) mass is 259 g/mol. The Morgan fingerprint density at radius 1 is 1.39 bits per heavy atom. The summed E-state index contributed by atoms with van der Waals surface area (Å²) < 4.78 is 0. The fraction of sp³-hybridized carbons (Fsp3) is 0.562. The van der Waals surface area contributed by atoms with Crippen molar-refractivity contribution in [3.63, 3.8) is 0 Å². The number of benzene rings is 1. The standard InChI is InChI=1S/C16H19NS.H2/c1-2-11-8-14(13(17)18)9-15(10-16(11,14)15)12-6-4-3-5-7-12;/h3-7,11H,2,8-10H2,1H3,(H2,17,18);1H. The van der Waals surface area contributed by atoms with Crippen molar-refractivity contribution in [3.05, 3.63) is 35.9 Å². The van der Waals surface area contributed by atoms with Gasteiger partial charge in [-0.3, -0.25) is 0 Å². The fourth-order valence-corrected chi connectivity index (χ4v) is 5.95. The molecule has 2 heteroatoms. The van der Waals surface area contributed by atoms with Crippen molar-refractivity contribution in [1.82, 2.24) is 0 Å². The Kier molecular flexibility index (Phi) is 1.82. The Morgan fingerprint density at radius 3 is 2.72 bits per heavy atom. The van der Waals surface area contributed by atoms with Gasteiger partial charge in [0.2, 0.25) is 0 Å². The van der Waals surface area contributed by atoms with Crippen LogP contribution in [-0.4, -0.2) is 4.99 Å². The fourth-order valence-electron chi connectivity index (χ4n) is 5.61. The SMILES string of the molecule is CCC1CC2(C(N)=S)CC3(c4ccccc4)CC123.[HH]. The normalized spacial score (nSPS) is 47.3. The smallest absolute Gasteiger partial charge is 0.0796 e. The van der Waals surface area contributed by atoms with Crippen molar-refractivity contribution in [2.75, 3.05) is 0 Å². The summed E-state index contributed by atoms with van der Waals surface area (Å²) in [6.07, 6.45) is 5.04. The zero-order valence-electron chi connectivity index (χ0n) is 10.8. The molecule has 1 nitrogen and oxygen atoms in total. The third kappa shape index (κ3) is 0.833. The molecule has 3 aliphatic rings. The van der Waals surface area contributed by atoms with Gasteiger partial charge < -0.3 is 5.73 Å². The van der Waals surface area contributed by atoms with Gasteiger partial charge in [0.05, 0.1) is 4.99 Å². The second-order valence-electron chi connectivity index (χ2n) is 6.53. The van der Waals surface area contributed by atoms with Crippen molar-refractivity contribution < 1.29 is 1.43 Å². The van der Waals surface area contributed by atoms with Gasteiger partial charge in [0.1, 0.15) is 0 Å². The summed E-state index contributed by atoms with van der Waals surface area (Å²) in [4.78, 5) is 0.788. The molecule has 3 saturated carbocycles. The first-order valence-corrected chi connectivity index (χ1v) is 7.39. The van der Waals surface area contributed by atoms with E-state index >= 15 is 0 Å². The van der Waals surface area contributed by atoms with Crippen LogP contribution in [0.4, 0.5) is 0 Å². The van der Waals surface area contributed by atoms with Crippen LogP contribution in [0.25, 0.3) is 0 Å². The lowest BCUT2D eigenvalue weighted by Crippen LogP contribution is -2.67. The first-order valence-electron chi connectivity index (χ1n) is 6.98. The van der Waals surface area contributed by atoms with Crippen LogP contribution in [-0.2, 0) is 5.41 Å². The molecule has 0 saturated heterocycles. The summed E-state index contributed by atoms with van der Waals surface area (Å²) in [5.74, 6) is 0.841. The quantitative estimate of drug-likeness (QED) is 0.838. The number of hydrogen-bond donors (Lipinski definition) is 1. The minimum atomic E-state index is 0. The van der Waals surface area contributed by atoms with Crippen LogP contribution in [0.1, 0.15) is 39.6 Å². The predicted molar refractivity (Wildman–Crippen MR) is 79.5 cm³/mol. The van der Waals surface area contributed by atoms with E-state index in [4.69, 9.17) is 18.0 Å². The van der Waals surface area contributed by atoms with Gasteiger partial charge in [-0.15, -0.1) is 0 Å². The van der Waals surface area contributed by atoms with Crippen LogP contribution in [0, 0.1) is 16.7 Å². The summed E-state index contributed by atoms with van der Waals surface area (Å²) in [5.41, 5.74) is 8.69. The van der Waals surface area contributed by atoms with Crippen molar-refractivity contribution in [3.8, 4) is 0 Å². The molecule has 96 valence electrons. The Bertz CT molecular complexity index is 545. The largest absolute Gasteiger partial charge is 0.393 e. The highest BCUT2D eigenvalue weighted by Crippen LogP contribution is 2.95. The van der Waals surface area contributed by atoms with E-state index in [1.165, 1.54) is 31.2 Å². The van der Waals surface area contributed by atoms with E-state index < -0.39 is 0 Å². The zero-order chi connectivity index (χ0) is 12.6. The predicted octanol–water partition coefficient (Wildman–Crippen LogP) is 3.67. The third-order valence-electron chi connectivity index (χ3n) is 6.35. The molecular formula is C16H21NS. The van der Waals surface area contributed by atoms with E-state index in [1.807, 2.05) is 0 Å². The molecule has 1 aromatic carbocycles. The first kappa shape index (κ1) is 11.0. The maximum Gasteiger partial charge on any atom is 0.0796 e. The van der Waals surface area contributed by atoms with Gasteiger partial charge in [0.15, 0.2) is 0 Å². The summed E-state index contributed by atoms with van der Waals surface area (Å²) in [6.45, 7) is 2.31. The molecule has 0 aromatic heterocycles. The molecular weight excluding hydrogens is 238 g/mol. The van der Waals surface area contributed by atoms with Crippen LogP contribution in [0.2, 0.25) is 0 Å². The van der Waals surface area contributed by atoms with Crippen LogP contribution in [0.15, 0.2) is 30.3 Å². The Hall–Kier alpha value is -0.890. The summed E-state index contributed by atoms with van der Waals surface area (Å²) in [6, 6.07) is 11.0. The minimum absolute atomic E-state index is 0.